The minimum absolute atomic E-state index is 0.143. The van der Waals surface area contributed by atoms with E-state index in [1.54, 1.807) is 12.1 Å². The monoisotopic (exact) mass is 332 g/mol. The van der Waals surface area contributed by atoms with Crippen molar-refractivity contribution in [3.8, 4) is 0 Å². The maximum atomic E-state index is 11.8. The lowest BCUT2D eigenvalue weighted by Crippen LogP contribution is -2.13. The van der Waals surface area contributed by atoms with Crippen molar-refractivity contribution in [3.63, 3.8) is 0 Å². The molecule has 3 N–H and O–H groups in total. The molecule has 6 heteroatoms. The minimum atomic E-state index is -0.143. The van der Waals surface area contributed by atoms with Crippen LogP contribution in [0.2, 0.25) is 10.0 Å². The summed E-state index contributed by atoms with van der Waals surface area (Å²) in [7, 11) is 0. The number of rotatable bonds is 8. The molecule has 0 aromatic heterocycles. The summed E-state index contributed by atoms with van der Waals surface area (Å²) in [5, 5.41) is 3.37. The van der Waals surface area contributed by atoms with Gasteiger partial charge in [-0.15, -0.1) is 0 Å². The molecule has 0 aliphatic carbocycles. The normalized spacial score (nSPS) is 10.9. The van der Waals surface area contributed by atoms with Gasteiger partial charge in [0.15, 0.2) is 0 Å². The molecule has 0 spiro atoms. The Morgan fingerprint density at radius 2 is 1.90 bits per heavy atom. The molecule has 0 heterocycles. The minimum Gasteiger partial charge on any atom is -0.399 e. The van der Waals surface area contributed by atoms with Crippen LogP contribution in [0.25, 0.3) is 0 Å². The molecule has 0 bridgehead atoms. The standard InChI is InChI=1S/C15H22Cl2N2O2/c1-10(2)5-7-21-6-3-4-14(20)19-15-12(16)8-11(18)9-13(15)17/h8-10H,3-7,18H2,1-2H3,(H,19,20). The van der Waals surface area contributed by atoms with Crippen molar-refractivity contribution in [3.05, 3.63) is 22.2 Å². The number of carbonyl (C=O) groups is 1. The highest BCUT2D eigenvalue weighted by Gasteiger charge is 2.10. The SMILES string of the molecule is CC(C)CCOCCCC(=O)Nc1c(Cl)cc(N)cc1Cl. The molecular weight excluding hydrogens is 311 g/mol. The number of nitrogens with one attached hydrogen (secondary N) is 1. The van der Waals surface area contributed by atoms with Gasteiger partial charge in [-0.1, -0.05) is 37.0 Å². The van der Waals surface area contributed by atoms with Crippen LogP contribution in [0.15, 0.2) is 12.1 Å². The van der Waals surface area contributed by atoms with Crippen molar-refractivity contribution in [2.45, 2.75) is 33.1 Å². The predicted molar refractivity (Wildman–Crippen MR) is 89.0 cm³/mol. The topological polar surface area (TPSA) is 64.3 Å². The van der Waals surface area contributed by atoms with Gasteiger partial charge < -0.3 is 15.8 Å². The lowest BCUT2D eigenvalue weighted by Gasteiger charge is -2.10. The van der Waals surface area contributed by atoms with Crippen LogP contribution < -0.4 is 11.1 Å². The molecule has 0 unspecified atom stereocenters. The zero-order chi connectivity index (χ0) is 15.8. The summed E-state index contributed by atoms with van der Waals surface area (Å²) < 4.78 is 5.46. The van der Waals surface area contributed by atoms with Crippen LogP contribution in [-0.4, -0.2) is 19.1 Å². The van der Waals surface area contributed by atoms with E-state index in [1.807, 2.05) is 0 Å². The van der Waals surface area contributed by atoms with Gasteiger partial charge in [0, 0.05) is 25.3 Å². The van der Waals surface area contributed by atoms with Crippen LogP contribution >= 0.6 is 23.2 Å². The third-order valence-corrected chi connectivity index (χ3v) is 3.46. The summed E-state index contributed by atoms with van der Waals surface area (Å²) in [6.45, 7) is 5.60. The number of nitrogens with two attached hydrogens (primary N) is 1. The second-order valence-corrected chi connectivity index (χ2v) is 6.12. The number of amides is 1. The number of ether oxygens (including phenoxy) is 1. The summed E-state index contributed by atoms with van der Waals surface area (Å²) in [6, 6.07) is 3.11. The maximum Gasteiger partial charge on any atom is 0.224 e. The molecule has 0 atom stereocenters. The molecule has 1 rings (SSSR count). The molecule has 21 heavy (non-hydrogen) atoms. The molecule has 1 aromatic rings. The van der Waals surface area contributed by atoms with E-state index in [0.717, 1.165) is 13.0 Å². The lowest BCUT2D eigenvalue weighted by molar-refractivity contribution is -0.116. The Bertz CT molecular complexity index is 456. The number of anilines is 2. The van der Waals surface area contributed by atoms with Gasteiger partial charge in [0.2, 0.25) is 5.91 Å². The van der Waals surface area contributed by atoms with Crippen molar-refractivity contribution in [1.29, 1.82) is 0 Å². The number of hydrogen-bond donors (Lipinski definition) is 2. The smallest absolute Gasteiger partial charge is 0.224 e. The Labute approximate surface area is 135 Å². The van der Waals surface area contributed by atoms with Gasteiger partial charge in [0.1, 0.15) is 0 Å². The zero-order valence-corrected chi connectivity index (χ0v) is 13.9. The number of halogens is 2. The summed E-state index contributed by atoms with van der Waals surface area (Å²) in [5.41, 5.74) is 6.47. The summed E-state index contributed by atoms with van der Waals surface area (Å²) in [5.74, 6) is 0.485. The van der Waals surface area contributed by atoms with Crippen LogP contribution in [0.1, 0.15) is 33.1 Å². The molecule has 0 aliphatic rings. The van der Waals surface area contributed by atoms with Crippen molar-refractivity contribution < 1.29 is 9.53 Å². The van der Waals surface area contributed by atoms with E-state index in [9.17, 15) is 4.79 Å². The van der Waals surface area contributed by atoms with E-state index in [2.05, 4.69) is 19.2 Å². The van der Waals surface area contributed by atoms with Crippen molar-refractivity contribution in [1.82, 2.24) is 0 Å². The van der Waals surface area contributed by atoms with Gasteiger partial charge in [-0.2, -0.15) is 0 Å². The number of nitrogen functional groups attached to an aromatic ring is 1. The molecule has 4 nitrogen and oxygen atoms in total. The molecule has 0 fully saturated rings. The van der Waals surface area contributed by atoms with Gasteiger partial charge in [0.05, 0.1) is 15.7 Å². The van der Waals surface area contributed by atoms with Crippen molar-refractivity contribution >= 4 is 40.5 Å². The summed E-state index contributed by atoms with van der Waals surface area (Å²) in [4.78, 5) is 11.8. The fourth-order valence-electron chi connectivity index (χ4n) is 1.67. The summed E-state index contributed by atoms with van der Waals surface area (Å²) in [6.07, 6.45) is 2.05. The Morgan fingerprint density at radius 3 is 2.48 bits per heavy atom. The van der Waals surface area contributed by atoms with Crippen LogP contribution in [-0.2, 0) is 9.53 Å². The van der Waals surface area contributed by atoms with E-state index >= 15 is 0 Å². The Hall–Kier alpha value is -0.970. The molecule has 1 amide bonds. The number of benzene rings is 1. The largest absolute Gasteiger partial charge is 0.399 e. The predicted octanol–water partition coefficient (Wildman–Crippen LogP) is 4.36. The quantitative estimate of drug-likeness (QED) is 0.549. The molecule has 0 saturated carbocycles. The highest BCUT2D eigenvalue weighted by atomic mass is 35.5. The first-order chi connectivity index (χ1) is 9.90. The fourth-order valence-corrected chi connectivity index (χ4v) is 2.27. The van der Waals surface area contributed by atoms with Gasteiger partial charge in [-0.05, 0) is 30.9 Å². The second kappa shape index (κ2) is 9.13. The fraction of sp³-hybridized carbons (Fsp3) is 0.533. The highest BCUT2D eigenvalue weighted by Crippen LogP contribution is 2.32. The van der Waals surface area contributed by atoms with Crippen LogP contribution in [0.3, 0.4) is 0 Å². The lowest BCUT2D eigenvalue weighted by atomic mass is 10.1. The molecule has 0 aliphatic heterocycles. The molecule has 0 saturated heterocycles. The number of hydrogen-bond acceptors (Lipinski definition) is 3. The first-order valence-corrected chi connectivity index (χ1v) is 7.78. The Morgan fingerprint density at radius 1 is 1.29 bits per heavy atom. The third-order valence-electron chi connectivity index (χ3n) is 2.86. The third kappa shape index (κ3) is 7.02. The van der Waals surface area contributed by atoms with Crippen LogP contribution in [0, 0.1) is 5.92 Å². The van der Waals surface area contributed by atoms with E-state index in [4.69, 9.17) is 33.7 Å². The van der Waals surface area contributed by atoms with Crippen molar-refractivity contribution in [2.75, 3.05) is 24.3 Å². The van der Waals surface area contributed by atoms with Gasteiger partial charge >= 0.3 is 0 Å². The number of carbonyl (C=O) groups excluding carboxylic acids is 1. The average Bonchev–Trinajstić information content (AvgIpc) is 2.37. The van der Waals surface area contributed by atoms with Gasteiger partial charge in [-0.3, -0.25) is 4.79 Å². The van der Waals surface area contributed by atoms with Gasteiger partial charge in [-0.25, -0.2) is 0 Å². The molecule has 1 aromatic carbocycles. The van der Waals surface area contributed by atoms with E-state index in [0.29, 0.717) is 46.8 Å². The van der Waals surface area contributed by atoms with Gasteiger partial charge in [0.25, 0.3) is 0 Å². The first kappa shape index (κ1) is 18.1. The van der Waals surface area contributed by atoms with Crippen LogP contribution in [0.5, 0.6) is 0 Å². The second-order valence-electron chi connectivity index (χ2n) is 5.31. The molecule has 118 valence electrons. The maximum absolute atomic E-state index is 11.8. The van der Waals surface area contributed by atoms with E-state index < -0.39 is 0 Å². The van der Waals surface area contributed by atoms with E-state index in [-0.39, 0.29) is 5.91 Å². The average molecular weight is 333 g/mol. The van der Waals surface area contributed by atoms with Crippen LogP contribution in [0.4, 0.5) is 11.4 Å². The molecular formula is C15H22Cl2N2O2. The summed E-state index contributed by atoms with van der Waals surface area (Å²) >= 11 is 12.0. The van der Waals surface area contributed by atoms with E-state index in [1.165, 1.54) is 0 Å². The zero-order valence-electron chi connectivity index (χ0n) is 12.4. The Kier molecular flexibility index (Phi) is 7.86. The van der Waals surface area contributed by atoms with Crippen molar-refractivity contribution in [2.24, 2.45) is 5.92 Å². The Balaban J connectivity index is 2.31. The molecule has 0 radical (unpaired) electrons. The first-order valence-electron chi connectivity index (χ1n) is 7.02. The highest BCUT2D eigenvalue weighted by molar-refractivity contribution is 6.40.